The minimum atomic E-state index is -3.56. The van der Waals surface area contributed by atoms with Gasteiger partial charge in [-0.05, 0) is 18.1 Å². The Morgan fingerprint density at radius 2 is 1.80 bits per heavy atom. The SMILES string of the molecule is CN(CCc1ccccc1)S(=O)(=O)c1ccc(=O)[nH]c1. The number of nitrogens with one attached hydrogen (secondary N) is 1. The molecule has 0 spiro atoms. The number of hydrogen-bond donors (Lipinski definition) is 1. The van der Waals surface area contributed by atoms with E-state index in [1.54, 1.807) is 0 Å². The number of H-pyrrole nitrogens is 1. The summed E-state index contributed by atoms with van der Waals surface area (Å²) in [5.41, 5.74) is 0.756. The Balaban J connectivity index is 2.09. The Kier molecular flexibility index (Phi) is 4.36. The molecule has 20 heavy (non-hydrogen) atoms. The van der Waals surface area contributed by atoms with Crippen LogP contribution in [0.4, 0.5) is 0 Å². The molecule has 0 radical (unpaired) electrons. The standard InChI is InChI=1S/C14H16N2O3S/c1-16(10-9-12-5-3-2-4-6-12)20(18,19)13-7-8-14(17)15-11-13/h2-8,11H,9-10H2,1H3,(H,15,17). The maximum atomic E-state index is 12.3. The molecule has 0 fully saturated rings. The minimum absolute atomic E-state index is 0.0904. The predicted molar refractivity (Wildman–Crippen MR) is 77.0 cm³/mol. The number of hydrogen-bond acceptors (Lipinski definition) is 3. The number of rotatable bonds is 5. The van der Waals surface area contributed by atoms with Crippen molar-refractivity contribution in [1.82, 2.24) is 9.29 Å². The lowest BCUT2D eigenvalue weighted by molar-refractivity contribution is 0.472. The number of aromatic nitrogens is 1. The van der Waals surface area contributed by atoms with Crippen molar-refractivity contribution in [2.75, 3.05) is 13.6 Å². The molecule has 0 aliphatic heterocycles. The molecule has 0 saturated heterocycles. The average Bonchev–Trinajstić information content (AvgIpc) is 2.46. The summed E-state index contributed by atoms with van der Waals surface area (Å²) in [6, 6.07) is 12.2. The van der Waals surface area contributed by atoms with E-state index in [-0.39, 0.29) is 10.5 Å². The molecule has 2 rings (SSSR count). The van der Waals surface area contributed by atoms with Crippen molar-refractivity contribution in [3.63, 3.8) is 0 Å². The van der Waals surface area contributed by atoms with E-state index in [2.05, 4.69) is 4.98 Å². The molecule has 1 heterocycles. The first-order valence-corrected chi connectivity index (χ1v) is 7.63. The van der Waals surface area contributed by atoms with Crippen LogP contribution in [-0.2, 0) is 16.4 Å². The maximum Gasteiger partial charge on any atom is 0.247 e. The van der Waals surface area contributed by atoms with Crippen LogP contribution >= 0.6 is 0 Å². The molecule has 0 aliphatic carbocycles. The van der Waals surface area contributed by atoms with E-state index in [0.717, 1.165) is 5.56 Å². The molecule has 6 heteroatoms. The van der Waals surface area contributed by atoms with E-state index >= 15 is 0 Å². The van der Waals surface area contributed by atoms with Crippen molar-refractivity contribution in [2.24, 2.45) is 0 Å². The van der Waals surface area contributed by atoms with E-state index in [4.69, 9.17) is 0 Å². The highest BCUT2D eigenvalue weighted by atomic mass is 32.2. The van der Waals surface area contributed by atoms with Crippen molar-refractivity contribution in [2.45, 2.75) is 11.3 Å². The molecule has 5 nitrogen and oxygen atoms in total. The summed E-state index contributed by atoms with van der Waals surface area (Å²) in [5.74, 6) is 0. The van der Waals surface area contributed by atoms with Gasteiger partial charge in [0, 0.05) is 25.9 Å². The van der Waals surface area contributed by atoms with Gasteiger partial charge in [0.15, 0.2) is 0 Å². The van der Waals surface area contributed by atoms with E-state index < -0.39 is 10.0 Å². The van der Waals surface area contributed by atoms with Gasteiger partial charge >= 0.3 is 0 Å². The molecule has 0 saturated carbocycles. The number of aromatic amines is 1. The first-order chi connectivity index (χ1) is 9.50. The van der Waals surface area contributed by atoms with Crippen molar-refractivity contribution in [3.05, 3.63) is 64.6 Å². The minimum Gasteiger partial charge on any atom is -0.328 e. The lowest BCUT2D eigenvalue weighted by Crippen LogP contribution is -2.29. The molecule has 0 atom stereocenters. The van der Waals surface area contributed by atoms with Crippen LogP contribution in [0.15, 0.2) is 58.4 Å². The second kappa shape index (κ2) is 6.02. The van der Waals surface area contributed by atoms with Gasteiger partial charge in [-0.25, -0.2) is 12.7 Å². The molecule has 1 aromatic carbocycles. The summed E-state index contributed by atoms with van der Waals surface area (Å²) in [6.07, 6.45) is 1.86. The number of pyridine rings is 1. The number of benzene rings is 1. The van der Waals surface area contributed by atoms with Crippen molar-refractivity contribution in [1.29, 1.82) is 0 Å². The van der Waals surface area contributed by atoms with E-state index in [9.17, 15) is 13.2 Å². The monoisotopic (exact) mass is 292 g/mol. The molecular formula is C14H16N2O3S. The highest BCUT2D eigenvalue weighted by Gasteiger charge is 2.20. The highest BCUT2D eigenvalue weighted by molar-refractivity contribution is 7.89. The van der Waals surface area contributed by atoms with Gasteiger partial charge in [-0.2, -0.15) is 0 Å². The first kappa shape index (κ1) is 14.5. The van der Waals surface area contributed by atoms with Gasteiger partial charge in [-0.15, -0.1) is 0 Å². The Hall–Kier alpha value is -1.92. The highest BCUT2D eigenvalue weighted by Crippen LogP contribution is 2.12. The number of sulfonamides is 1. The Labute approximate surface area is 117 Å². The zero-order valence-electron chi connectivity index (χ0n) is 11.1. The van der Waals surface area contributed by atoms with Crippen molar-refractivity contribution >= 4 is 10.0 Å². The van der Waals surface area contributed by atoms with Gasteiger partial charge < -0.3 is 4.98 Å². The average molecular weight is 292 g/mol. The third-order valence-corrected chi connectivity index (χ3v) is 4.87. The lowest BCUT2D eigenvalue weighted by Gasteiger charge is -2.16. The van der Waals surface area contributed by atoms with Gasteiger partial charge in [-0.3, -0.25) is 4.79 Å². The van der Waals surface area contributed by atoms with Gasteiger partial charge in [0.05, 0.1) is 4.90 Å². The first-order valence-electron chi connectivity index (χ1n) is 6.19. The molecule has 1 N–H and O–H groups in total. The van der Waals surface area contributed by atoms with Gasteiger partial charge in [0.25, 0.3) is 0 Å². The smallest absolute Gasteiger partial charge is 0.247 e. The fourth-order valence-electron chi connectivity index (χ4n) is 1.79. The summed E-state index contributed by atoms with van der Waals surface area (Å²) in [4.78, 5) is 13.4. The van der Waals surface area contributed by atoms with Crippen LogP contribution in [0.3, 0.4) is 0 Å². The quantitative estimate of drug-likeness (QED) is 0.901. The van der Waals surface area contributed by atoms with Crippen LogP contribution in [0, 0.1) is 0 Å². The molecule has 0 bridgehead atoms. The third-order valence-electron chi connectivity index (χ3n) is 3.02. The summed E-state index contributed by atoms with van der Waals surface area (Å²) in [5, 5.41) is 0. The Morgan fingerprint density at radius 1 is 1.10 bits per heavy atom. The fraction of sp³-hybridized carbons (Fsp3) is 0.214. The predicted octanol–water partition coefficient (Wildman–Crippen LogP) is 1.24. The molecule has 0 aliphatic rings. The zero-order chi connectivity index (χ0) is 14.6. The third kappa shape index (κ3) is 3.34. The summed E-state index contributed by atoms with van der Waals surface area (Å²) in [7, 11) is -2.03. The summed E-state index contributed by atoms with van der Waals surface area (Å²) in [6.45, 7) is 0.380. The van der Waals surface area contributed by atoms with Crippen LogP contribution < -0.4 is 5.56 Å². The molecule has 1 aromatic heterocycles. The van der Waals surface area contributed by atoms with Crippen LogP contribution in [0.2, 0.25) is 0 Å². The second-order valence-electron chi connectivity index (χ2n) is 4.45. The summed E-state index contributed by atoms with van der Waals surface area (Å²) >= 11 is 0. The normalized spacial score (nSPS) is 11.7. The molecule has 0 unspecified atom stereocenters. The van der Waals surface area contributed by atoms with Crippen LogP contribution in [-0.4, -0.2) is 31.3 Å². The van der Waals surface area contributed by atoms with E-state index in [1.165, 1.54) is 29.7 Å². The molecule has 2 aromatic rings. The van der Waals surface area contributed by atoms with Gasteiger partial charge in [0.1, 0.15) is 0 Å². The Bertz CT molecular complexity index is 703. The van der Waals surface area contributed by atoms with Crippen molar-refractivity contribution < 1.29 is 8.42 Å². The molecular weight excluding hydrogens is 276 g/mol. The fourth-order valence-corrected chi connectivity index (χ4v) is 2.93. The van der Waals surface area contributed by atoms with Gasteiger partial charge in [-0.1, -0.05) is 30.3 Å². The van der Waals surface area contributed by atoms with Crippen LogP contribution in [0.25, 0.3) is 0 Å². The van der Waals surface area contributed by atoms with Crippen LogP contribution in [0.1, 0.15) is 5.56 Å². The lowest BCUT2D eigenvalue weighted by atomic mass is 10.2. The van der Waals surface area contributed by atoms with Crippen molar-refractivity contribution in [3.8, 4) is 0 Å². The van der Waals surface area contributed by atoms with Gasteiger partial charge in [0.2, 0.25) is 15.6 Å². The van der Waals surface area contributed by atoms with Crippen LogP contribution in [0.5, 0.6) is 0 Å². The zero-order valence-corrected chi connectivity index (χ0v) is 11.9. The number of nitrogens with zero attached hydrogens (tertiary/aromatic N) is 1. The maximum absolute atomic E-state index is 12.3. The van der Waals surface area contributed by atoms with E-state index in [1.807, 2.05) is 30.3 Å². The molecule has 106 valence electrons. The number of likely N-dealkylation sites (N-methyl/N-ethyl adjacent to an activating group) is 1. The second-order valence-corrected chi connectivity index (χ2v) is 6.50. The summed E-state index contributed by atoms with van der Waals surface area (Å²) < 4.78 is 25.8. The molecule has 0 amide bonds. The van der Waals surface area contributed by atoms with E-state index in [0.29, 0.717) is 13.0 Å². The Morgan fingerprint density at radius 3 is 2.40 bits per heavy atom. The topological polar surface area (TPSA) is 70.2 Å². The largest absolute Gasteiger partial charge is 0.328 e.